The molecule has 2 heterocycles. The number of benzene rings is 1. The Labute approximate surface area is 126 Å². The topological polar surface area (TPSA) is 90.5 Å². The predicted molar refractivity (Wildman–Crippen MR) is 77.6 cm³/mol. The van der Waals surface area contributed by atoms with Gasteiger partial charge in [0, 0.05) is 18.9 Å². The zero-order valence-corrected chi connectivity index (χ0v) is 11.8. The fourth-order valence-electron chi connectivity index (χ4n) is 2.17. The lowest BCUT2D eigenvalue weighted by atomic mass is 10.1. The van der Waals surface area contributed by atoms with Crippen LogP contribution in [0.3, 0.4) is 0 Å². The van der Waals surface area contributed by atoms with Crippen LogP contribution in [0.15, 0.2) is 55.1 Å². The van der Waals surface area contributed by atoms with Crippen molar-refractivity contribution in [3.05, 3.63) is 60.7 Å². The Hall–Kier alpha value is -3.03. The second-order valence-corrected chi connectivity index (χ2v) is 4.66. The Balaban J connectivity index is 1.70. The molecule has 1 atom stereocenters. The summed E-state index contributed by atoms with van der Waals surface area (Å²) in [7, 11) is 0. The van der Waals surface area contributed by atoms with Crippen molar-refractivity contribution in [2.24, 2.45) is 0 Å². The number of aromatic nitrogens is 6. The van der Waals surface area contributed by atoms with Crippen molar-refractivity contribution < 1.29 is 4.79 Å². The van der Waals surface area contributed by atoms with Crippen molar-refractivity contribution in [1.82, 2.24) is 35.3 Å². The van der Waals surface area contributed by atoms with E-state index in [-0.39, 0.29) is 5.91 Å². The van der Waals surface area contributed by atoms with Gasteiger partial charge in [-0.1, -0.05) is 30.3 Å². The van der Waals surface area contributed by atoms with Crippen molar-refractivity contribution in [3.63, 3.8) is 0 Å². The number of hydrogen-bond donors (Lipinski definition) is 1. The van der Waals surface area contributed by atoms with Crippen LogP contribution in [0.1, 0.15) is 11.6 Å². The molecule has 3 rings (SSSR count). The van der Waals surface area contributed by atoms with E-state index in [0.29, 0.717) is 13.1 Å². The largest absolute Gasteiger partial charge is 0.352 e. The molecule has 1 unspecified atom stereocenters. The lowest BCUT2D eigenvalue weighted by Crippen LogP contribution is -2.35. The predicted octanol–water partition coefficient (Wildman–Crippen LogP) is 0.275. The highest BCUT2D eigenvalue weighted by atomic mass is 16.2. The Kier molecular flexibility index (Phi) is 4.19. The first-order valence-corrected chi connectivity index (χ1v) is 6.87. The molecular weight excluding hydrogens is 282 g/mol. The molecule has 0 aliphatic rings. The van der Waals surface area contributed by atoms with Crippen LogP contribution in [0.2, 0.25) is 0 Å². The summed E-state index contributed by atoms with van der Waals surface area (Å²) in [6.07, 6.45) is 4.99. The van der Waals surface area contributed by atoms with Gasteiger partial charge < -0.3 is 5.32 Å². The van der Waals surface area contributed by atoms with E-state index in [9.17, 15) is 4.79 Å². The molecule has 0 bridgehead atoms. The molecule has 3 aromatic rings. The van der Waals surface area contributed by atoms with Gasteiger partial charge in [0.15, 0.2) is 6.04 Å². The Morgan fingerprint density at radius 2 is 2.09 bits per heavy atom. The average Bonchev–Trinajstić information content (AvgIpc) is 3.22. The van der Waals surface area contributed by atoms with Crippen LogP contribution >= 0.6 is 0 Å². The minimum atomic E-state index is -0.589. The number of nitrogens with zero attached hydrogens (tertiary/aromatic N) is 6. The zero-order chi connectivity index (χ0) is 15.2. The van der Waals surface area contributed by atoms with Crippen molar-refractivity contribution in [1.29, 1.82) is 0 Å². The smallest absolute Gasteiger partial charge is 0.249 e. The van der Waals surface area contributed by atoms with E-state index in [2.05, 4.69) is 25.9 Å². The average molecular weight is 297 g/mol. The van der Waals surface area contributed by atoms with Crippen molar-refractivity contribution >= 4 is 5.91 Å². The van der Waals surface area contributed by atoms with Gasteiger partial charge in [-0.2, -0.15) is 5.10 Å². The highest BCUT2D eigenvalue weighted by Gasteiger charge is 2.23. The highest BCUT2D eigenvalue weighted by Crippen LogP contribution is 2.16. The minimum absolute atomic E-state index is 0.161. The minimum Gasteiger partial charge on any atom is -0.352 e. The maximum atomic E-state index is 12.5. The number of carbonyl (C=O) groups is 1. The molecule has 1 N–H and O–H groups in total. The lowest BCUT2D eigenvalue weighted by molar-refractivity contribution is -0.123. The van der Waals surface area contributed by atoms with Crippen LogP contribution in [-0.2, 0) is 11.3 Å². The molecule has 0 spiro atoms. The second-order valence-electron chi connectivity index (χ2n) is 4.66. The number of amides is 1. The molecular formula is C14H15N7O. The summed E-state index contributed by atoms with van der Waals surface area (Å²) in [4.78, 5) is 12.5. The van der Waals surface area contributed by atoms with Crippen molar-refractivity contribution in [3.8, 4) is 0 Å². The monoisotopic (exact) mass is 297 g/mol. The van der Waals surface area contributed by atoms with Crippen LogP contribution in [0, 0.1) is 0 Å². The summed E-state index contributed by atoms with van der Waals surface area (Å²) < 4.78 is 3.20. The fourth-order valence-corrected chi connectivity index (χ4v) is 2.17. The third kappa shape index (κ3) is 3.17. The highest BCUT2D eigenvalue weighted by molar-refractivity contribution is 5.83. The molecule has 112 valence electrons. The van der Waals surface area contributed by atoms with E-state index in [0.717, 1.165) is 5.56 Å². The van der Waals surface area contributed by atoms with Gasteiger partial charge in [0.05, 0.1) is 6.54 Å². The van der Waals surface area contributed by atoms with E-state index in [4.69, 9.17) is 0 Å². The summed E-state index contributed by atoms with van der Waals surface area (Å²) in [5, 5.41) is 18.1. The molecule has 0 radical (unpaired) electrons. The molecule has 0 saturated heterocycles. The normalized spacial score (nSPS) is 12.0. The second kappa shape index (κ2) is 6.61. The van der Waals surface area contributed by atoms with Gasteiger partial charge >= 0.3 is 0 Å². The first-order valence-electron chi connectivity index (χ1n) is 6.87. The van der Waals surface area contributed by atoms with E-state index >= 15 is 0 Å². The van der Waals surface area contributed by atoms with Gasteiger partial charge in [0.25, 0.3) is 0 Å². The summed E-state index contributed by atoms with van der Waals surface area (Å²) in [6, 6.07) is 10.7. The first-order chi connectivity index (χ1) is 10.8. The molecule has 2 aromatic heterocycles. The summed E-state index contributed by atoms with van der Waals surface area (Å²) in [5.41, 5.74) is 0.825. The van der Waals surface area contributed by atoms with Gasteiger partial charge in [0.2, 0.25) is 5.91 Å². The van der Waals surface area contributed by atoms with E-state index in [1.165, 1.54) is 11.0 Å². The van der Waals surface area contributed by atoms with Crippen LogP contribution in [-0.4, -0.2) is 42.4 Å². The first kappa shape index (κ1) is 13.9. The maximum Gasteiger partial charge on any atom is 0.249 e. The number of nitrogens with one attached hydrogen (secondary N) is 1. The lowest BCUT2D eigenvalue weighted by Gasteiger charge is -2.16. The molecule has 0 saturated carbocycles. The zero-order valence-electron chi connectivity index (χ0n) is 11.8. The van der Waals surface area contributed by atoms with Crippen LogP contribution in [0.25, 0.3) is 0 Å². The standard InChI is InChI=1S/C14H15N7O/c22-14(15-8-10-20-9-4-7-17-20)13(21-11-16-18-19-21)12-5-2-1-3-6-12/h1-7,9,11,13H,8,10H2,(H,15,22). The van der Waals surface area contributed by atoms with Crippen molar-refractivity contribution in [2.45, 2.75) is 12.6 Å². The molecule has 1 aromatic carbocycles. The van der Waals surface area contributed by atoms with Crippen LogP contribution < -0.4 is 5.32 Å². The number of hydrogen-bond acceptors (Lipinski definition) is 5. The number of carbonyl (C=O) groups excluding carboxylic acids is 1. The van der Waals surface area contributed by atoms with Gasteiger partial charge in [-0.3, -0.25) is 9.48 Å². The maximum absolute atomic E-state index is 12.5. The SMILES string of the molecule is O=C(NCCn1cccn1)C(c1ccccc1)n1cnnn1. The summed E-state index contributed by atoms with van der Waals surface area (Å²) in [6.45, 7) is 1.09. The Morgan fingerprint density at radius 1 is 1.23 bits per heavy atom. The Morgan fingerprint density at radius 3 is 2.77 bits per heavy atom. The number of tetrazole rings is 1. The molecule has 0 aliphatic heterocycles. The van der Waals surface area contributed by atoms with Gasteiger partial charge in [-0.05, 0) is 22.1 Å². The molecule has 8 heteroatoms. The molecule has 22 heavy (non-hydrogen) atoms. The third-order valence-electron chi connectivity index (χ3n) is 3.19. The molecule has 0 aliphatic carbocycles. The summed E-state index contributed by atoms with van der Waals surface area (Å²) >= 11 is 0. The number of rotatable bonds is 6. The van der Waals surface area contributed by atoms with E-state index in [1.807, 2.05) is 42.6 Å². The quantitative estimate of drug-likeness (QED) is 0.705. The van der Waals surface area contributed by atoms with Gasteiger partial charge in [-0.25, -0.2) is 4.68 Å². The van der Waals surface area contributed by atoms with Crippen LogP contribution in [0.5, 0.6) is 0 Å². The van der Waals surface area contributed by atoms with Gasteiger partial charge in [0.1, 0.15) is 6.33 Å². The van der Waals surface area contributed by atoms with Crippen LogP contribution in [0.4, 0.5) is 0 Å². The third-order valence-corrected chi connectivity index (χ3v) is 3.19. The van der Waals surface area contributed by atoms with E-state index < -0.39 is 6.04 Å². The molecule has 0 fully saturated rings. The van der Waals surface area contributed by atoms with E-state index in [1.54, 1.807) is 10.9 Å². The molecule has 1 amide bonds. The van der Waals surface area contributed by atoms with Crippen molar-refractivity contribution in [2.75, 3.05) is 6.54 Å². The fraction of sp³-hybridized carbons (Fsp3) is 0.214. The summed E-state index contributed by atoms with van der Waals surface area (Å²) in [5.74, 6) is -0.161. The van der Waals surface area contributed by atoms with Gasteiger partial charge in [-0.15, -0.1) is 5.10 Å². The Bertz CT molecular complexity index is 694. The molecule has 8 nitrogen and oxygen atoms in total.